The van der Waals surface area contributed by atoms with E-state index in [9.17, 15) is 14.4 Å². The lowest BCUT2D eigenvalue weighted by molar-refractivity contribution is -0.116. The van der Waals surface area contributed by atoms with Crippen LogP contribution in [0.3, 0.4) is 0 Å². The van der Waals surface area contributed by atoms with Crippen LogP contribution in [0.5, 0.6) is 11.5 Å². The number of nitrogens with one attached hydrogen (secondary N) is 1. The monoisotopic (exact) mass is 385 g/mol. The first-order valence-electron chi connectivity index (χ1n) is 8.77. The molecule has 0 saturated heterocycles. The predicted molar refractivity (Wildman–Crippen MR) is 104 cm³/mol. The first-order chi connectivity index (χ1) is 13.3. The van der Waals surface area contributed by atoms with Gasteiger partial charge in [-0.1, -0.05) is 6.07 Å². The second-order valence-electron chi connectivity index (χ2n) is 6.26. The van der Waals surface area contributed by atoms with Crippen molar-refractivity contribution < 1.29 is 29.0 Å². The molecule has 0 aliphatic carbocycles. The molecule has 2 rings (SSSR count). The number of aryl methyl sites for hydroxylation is 1. The van der Waals surface area contributed by atoms with E-state index < -0.39 is 5.97 Å². The van der Waals surface area contributed by atoms with E-state index in [0.29, 0.717) is 29.2 Å². The first kappa shape index (κ1) is 21.0. The summed E-state index contributed by atoms with van der Waals surface area (Å²) in [5, 5.41) is 11.8. The molecule has 2 aromatic rings. The molecule has 0 heterocycles. The van der Waals surface area contributed by atoms with E-state index in [0.717, 1.165) is 5.56 Å². The maximum atomic E-state index is 12.1. The molecule has 28 heavy (non-hydrogen) atoms. The highest BCUT2D eigenvalue weighted by Gasteiger charge is 2.11. The Balaban J connectivity index is 1.87. The molecule has 0 spiro atoms. The summed E-state index contributed by atoms with van der Waals surface area (Å²) in [5.74, 6) is -0.387. The van der Waals surface area contributed by atoms with Gasteiger partial charge >= 0.3 is 5.97 Å². The van der Waals surface area contributed by atoms with E-state index in [2.05, 4.69) is 5.32 Å². The highest BCUT2D eigenvalue weighted by molar-refractivity contribution is 5.95. The highest BCUT2D eigenvalue weighted by Crippen LogP contribution is 2.28. The Morgan fingerprint density at radius 3 is 2.39 bits per heavy atom. The number of benzene rings is 2. The number of carboxylic acid groups (broad SMARTS) is 1. The standard InChI is InChI=1S/C21H23NO6/c1-13-6-7-16(21(25)26)11-17(13)22-20(24)5-4-10-28-18-9-8-15(14(2)23)12-19(18)27-3/h6-9,11-12H,4-5,10H2,1-3H3,(H,22,24)(H,25,26). The van der Waals surface area contributed by atoms with E-state index in [-0.39, 0.29) is 30.3 Å². The molecule has 0 radical (unpaired) electrons. The lowest BCUT2D eigenvalue weighted by Crippen LogP contribution is -2.14. The van der Waals surface area contributed by atoms with Crippen LogP contribution in [0.25, 0.3) is 0 Å². The fourth-order valence-corrected chi connectivity index (χ4v) is 2.52. The lowest BCUT2D eigenvalue weighted by Gasteiger charge is -2.12. The SMILES string of the molecule is COc1cc(C(C)=O)ccc1OCCCC(=O)Nc1cc(C(=O)O)ccc1C. The number of aromatic carboxylic acids is 1. The summed E-state index contributed by atoms with van der Waals surface area (Å²) in [6.07, 6.45) is 0.672. The number of carbonyl (C=O) groups is 3. The summed E-state index contributed by atoms with van der Waals surface area (Å²) in [6, 6.07) is 9.52. The van der Waals surface area contributed by atoms with Crippen LogP contribution in [0.4, 0.5) is 5.69 Å². The normalized spacial score (nSPS) is 10.2. The van der Waals surface area contributed by atoms with E-state index in [4.69, 9.17) is 14.6 Å². The minimum atomic E-state index is -1.05. The largest absolute Gasteiger partial charge is 0.493 e. The van der Waals surface area contributed by atoms with E-state index in [1.165, 1.54) is 26.2 Å². The third kappa shape index (κ3) is 5.57. The summed E-state index contributed by atoms with van der Waals surface area (Å²) in [4.78, 5) is 34.6. The van der Waals surface area contributed by atoms with Gasteiger partial charge in [0.15, 0.2) is 17.3 Å². The first-order valence-corrected chi connectivity index (χ1v) is 8.77. The van der Waals surface area contributed by atoms with Gasteiger partial charge in [-0.2, -0.15) is 0 Å². The van der Waals surface area contributed by atoms with Gasteiger partial charge in [0.1, 0.15) is 0 Å². The van der Waals surface area contributed by atoms with Gasteiger partial charge in [-0.05, 0) is 56.2 Å². The number of carbonyl (C=O) groups excluding carboxylic acids is 2. The van der Waals surface area contributed by atoms with Crippen LogP contribution >= 0.6 is 0 Å². The molecule has 148 valence electrons. The van der Waals surface area contributed by atoms with Crippen molar-refractivity contribution in [2.45, 2.75) is 26.7 Å². The maximum Gasteiger partial charge on any atom is 0.335 e. The van der Waals surface area contributed by atoms with Crippen molar-refractivity contribution in [1.82, 2.24) is 0 Å². The van der Waals surface area contributed by atoms with Crippen LogP contribution in [0.2, 0.25) is 0 Å². The van der Waals surface area contributed by atoms with E-state index in [1.54, 1.807) is 31.2 Å². The molecule has 0 bridgehead atoms. The second-order valence-corrected chi connectivity index (χ2v) is 6.26. The van der Waals surface area contributed by atoms with Crippen molar-refractivity contribution in [1.29, 1.82) is 0 Å². The van der Waals surface area contributed by atoms with Gasteiger partial charge in [-0.25, -0.2) is 4.79 Å². The number of hydrogen-bond donors (Lipinski definition) is 2. The third-order valence-electron chi connectivity index (χ3n) is 4.13. The van der Waals surface area contributed by atoms with Gasteiger partial charge in [0.2, 0.25) is 5.91 Å². The van der Waals surface area contributed by atoms with Crippen LogP contribution in [0, 0.1) is 6.92 Å². The zero-order chi connectivity index (χ0) is 20.7. The highest BCUT2D eigenvalue weighted by atomic mass is 16.5. The number of Topliss-reactive ketones (excluding diaryl/α,β-unsaturated/α-hetero) is 1. The van der Waals surface area contributed by atoms with Crippen LogP contribution in [0.1, 0.15) is 46.0 Å². The van der Waals surface area contributed by atoms with Crippen molar-refractivity contribution >= 4 is 23.3 Å². The molecule has 0 atom stereocenters. The summed E-state index contributed by atoms with van der Waals surface area (Å²) in [6.45, 7) is 3.56. The van der Waals surface area contributed by atoms with E-state index >= 15 is 0 Å². The fourth-order valence-electron chi connectivity index (χ4n) is 2.52. The Labute approximate surface area is 163 Å². The Morgan fingerprint density at radius 1 is 1.04 bits per heavy atom. The van der Waals surface area contributed by atoms with Crippen molar-refractivity contribution in [2.24, 2.45) is 0 Å². The average molecular weight is 385 g/mol. The second kappa shape index (κ2) is 9.55. The summed E-state index contributed by atoms with van der Waals surface area (Å²) < 4.78 is 10.9. The van der Waals surface area contributed by atoms with Crippen LogP contribution in [-0.2, 0) is 4.79 Å². The molecule has 0 unspecified atom stereocenters. The molecular weight excluding hydrogens is 362 g/mol. The number of ether oxygens (including phenoxy) is 2. The van der Waals surface area contributed by atoms with Gasteiger partial charge in [0, 0.05) is 17.7 Å². The minimum absolute atomic E-state index is 0.0659. The molecule has 7 nitrogen and oxygen atoms in total. The van der Waals surface area contributed by atoms with Crippen molar-refractivity contribution in [2.75, 3.05) is 19.0 Å². The smallest absolute Gasteiger partial charge is 0.335 e. The molecule has 1 amide bonds. The van der Waals surface area contributed by atoms with Crippen molar-refractivity contribution in [3.8, 4) is 11.5 Å². The predicted octanol–water partition coefficient (Wildman–Crippen LogP) is 3.70. The van der Waals surface area contributed by atoms with E-state index in [1.807, 2.05) is 0 Å². The summed E-state index contributed by atoms with van der Waals surface area (Å²) in [5.41, 5.74) is 1.91. The number of methoxy groups -OCH3 is 1. The van der Waals surface area contributed by atoms with Crippen LogP contribution < -0.4 is 14.8 Å². The molecule has 0 aromatic heterocycles. The zero-order valence-electron chi connectivity index (χ0n) is 16.1. The van der Waals surface area contributed by atoms with Gasteiger partial charge in [-0.3, -0.25) is 9.59 Å². The molecule has 0 aliphatic rings. The maximum absolute atomic E-state index is 12.1. The molecule has 7 heteroatoms. The Morgan fingerprint density at radius 2 is 1.75 bits per heavy atom. The molecule has 0 aliphatic heterocycles. The Bertz CT molecular complexity index is 890. The molecule has 2 aromatic carbocycles. The fraction of sp³-hybridized carbons (Fsp3) is 0.286. The van der Waals surface area contributed by atoms with Crippen molar-refractivity contribution in [3.05, 3.63) is 53.1 Å². The molecule has 2 N–H and O–H groups in total. The van der Waals surface area contributed by atoms with Gasteiger partial charge in [0.25, 0.3) is 0 Å². The molecule has 0 saturated carbocycles. The van der Waals surface area contributed by atoms with Crippen LogP contribution in [-0.4, -0.2) is 36.5 Å². The zero-order valence-corrected chi connectivity index (χ0v) is 16.1. The van der Waals surface area contributed by atoms with Crippen molar-refractivity contribution in [3.63, 3.8) is 0 Å². The summed E-state index contributed by atoms with van der Waals surface area (Å²) in [7, 11) is 1.49. The van der Waals surface area contributed by atoms with Gasteiger partial charge in [0.05, 0.1) is 19.3 Å². The third-order valence-corrected chi connectivity index (χ3v) is 4.13. The van der Waals surface area contributed by atoms with Gasteiger partial charge in [-0.15, -0.1) is 0 Å². The number of carboxylic acids is 1. The average Bonchev–Trinajstić information content (AvgIpc) is 2.66. The summed E-state index contributed by atoms with van der Waals surface area (Å²) >= 11 is 0. The molecular formula is C21H23NO6. The number of hydrogen-bond acceptors (Lipinski definition) is 5. The Hall–Kier alpha value is -3.35. The quantitative estimate of drug-likeness (QED) is 0.504. The topological polar surface area (TPSA) is 102 Å². The number of amides is 1. The number of ketones is 1. The number of rotatable bonds is 9. The minimum Gasteiger partial charge on any atom is -0.493 e. The molecule has 0 fully saturated rings. The lowest BCUT2D eigenvalue weighted by atomic mass is 10.1. The van der Waals surface area contributed by atoms with Crippen LogP contribution in [0.15, 0.2) is 36.4 Å². The Kier molecular flexibility index (Phi) is 7.14. The van der Waals surface area contributed by atoms with Gasteiger partial charge < -0.3 is 19.9 Å². The number of anilines is 1.